The summed E-state index contributed by atoms with van der Waals surface area (Å²) in [5, 5.41) is 3.29. The van der Waals surface area contributed by atoms with Crippen molar-refractivity contribution in [1.82, 2.24) is 9.97 Å². The fourth-order valence-corrected chi connectivity index (χ4v) is 8.79. The standard InChI is InChI=1S/C60H40N2/c1-3-15-43(16-4-1)52-24-9-11-26-54(52)46-33-29-41(30-34-46)48-20-13-22-50(39-48)58-57-38-37-45-19-7-8-28-56(45)59(57)62-60(61-58)51-23-14-21-49(40-51)42-31-35-47(36-32-42)55-27-12-10-25-53(55)44-17-5-2-6-18-44/h1-40H. The minimum Gasteiger partial charge on any atom is -0.227 e. The van der Waals surface area contributed by atoms with Crippen LogP contribution in [0.2, 0.25) is 0 Å². The first-order chi connectivity index (χ1) is 30.7. The summed E-state index contributed by atoms with van der Waals surface area (Å²) in [6.07, 6.45) is 0. The van der Waals surface area contributed by atoms with Crippen LogP contribution in [-0.4, -0.2) is 9.97 Å². The quantitative estimate of drug-likeness (QED) is 0.143. The van der Waals surface area contributed by atoms with E-state index in [1.54, 1.807) is 0 Å². The molecule has 0 bridgehead atoms. The number of nitrogens with zero attached hydrogens (tertiary/aromatic N) is 2. The van der Waals surface area contributed by atoms with Gasteiger partial charge in [-0.05, 0) is 90.3 Å². The first-order valence-corrected chi connectivity index (χ1v) is 21.1. The lowest BCUT2D eigenvalue weighted by atomic mass is 9.93. The largest absolute Gasteiger partial charge is 0.227 e. The highest BCUT2D eigenvalue weighted by Gasteiger charge is 2.16. The summed E-state index contributed by atoms with van der Waals surface area (Å²) in [4.78, 5) is 10.7. The maximum Gasteiger partial charge on any atom is 0.160 e. The fourth-order valence-electron chi connectivity index (χ4n) is 8.79. The average Bonchev–Trinajstić information content (AvgIpc) is 3.36. The van der Waals surface area contributed by atoms with Crippen LogP contribution < -0.4 is 0 Å². The van der Waals surface area contributed by atoms with Crippen molar-refractivity contribution in [3.63, 3.8) is 0 Å². The normalized spacial score (nSPS) is 11.2. The van der Waals surface area contributed by atoms with Crippen molar-refractivity contribution in [2.24, 2.45) is 0 Å². The van der Waals surface area contributed by atoms with Gasteiger partial charge in [-0.3, -0.25) is 0 Å². The van der Waals surface area contributed by atoms with E-state index in [9.17, 15) is 0 Å². The van der Waals surface area contributed by atoms with E-state index in [2.05, 4.69) is 243 Å². The zero-order chi connectivity index (χ0) is 41.2. The lowest BCUT2D eigenvalue weighted by Gasteiger charge is -2.14. The molecule has 0 saturated heterocycles. The molecule has 1 heterocycles. The van der Waals surface area contributed by atoms with Gasteiger partial charge in [-0.1, -0.05) is 224 Å². The molecule has 2 nitrogen and oxygen atoms in total. The summed E-state index contributed by atoms with van der Waals surface area (Å²) in [6.45, 7) is 0. The minimum atomic E-state index is 0.700. The van der Waals surface area contributed by atoms with Crippen LogP contribution in [0.1, 0.15) is 0 Å². The van der Waals surface area contributed by atoms with Crippen molar-refractivity contribution in [2.75, 3.05) is 0 Å². The van der Waals surface area contributed by atoms with Crippen molar-refractivity contribution in [3.8, 4) is 89.4 Å². The van der Waals surface area contributed by atoms with Gasteiger partial charge >= 0.3 is 0 Å². The molecule has 0 aliphatic carbocycles. The molecule has 0 aliphatic heterocycles. The summed E-state index contributed by atoms with van der Waals surface area (Å²) in [7, 11) is 0. The van der Waals surface area contributed by atoms with Crippen LogP contribution in [0.25, 0.3) is 111 Å². The number of fused-ring (bicyclic) bond motifs is 3. The monoisotopic (exact) mass is 788 g/mol. The second kappa shape index (κ2) is 16.1. The Morgan fingerprint density at radius 3 is 1.18 bits per heavy atom. The molecule has 0 fully saturated rings. The third kappa shape index (κ3) is 7.04. The predicted molar refractivity (Wildman–Crippen MR) is 261 cm³/mol. The van der Waals surface area contributed by atoms with E-state index in [1.807, 2.05) is 0 Å². The Labute approximate surface area is 362 Å². The molecule has 1 aromatic heterocycles. The second-order valence-electron chi connectivity index (χ2n) is 15.7. The molecule has 0 amide bonds. The molecule has 290 valence electrons. The van der Waals surface area contributed by atoms with Gasteiger partial charge in [0.15, 0.2) is 5.82 Å². The van der Waals surface area contributed by atoms with Crippen LogP contribution >= 0.6 is 0 Å². The molecular formula is C60H40N2. The molecule has 11 rings (SSSR count). The van der Waals surface area contributed by atoms with Crippen molar-refractivity contribution in [2.45, 2.75) is 0 Å². The molecule has 0 atom stereocenters. The van der Waals surface area contributed by atoms with Crippen molar-refractivity contribution >= 4 is 21.7 Å². The van der Waals surface area contributed by atoms with Gasteiger partial charge in [0.2, 0.25) is 0 Å². The van der Waals surface area contributed by atoms with Crippen LogP contribution in [0.15, 0.2) is 243 Å². The Morgan fingerprint density at radius 2 is 0.629 bits per heavy atom. The van der Waals surface area contributed by atoms with Crippen LogP contribution in [0.3, 0.4) is 0 Å². The van der Waals surface area contributed by atoms with Gasteiger partial charge in [-0.2, -0.15) is 0 Å². The van der Waals surface area contributed by atoms with E-state index in [4.69, 9.17) is 9.97 Å². The van der Waals surface area contributed by atoms with Gasteiger partial charge in [0.25, 0.3) is 0 Å². The molecule has 0 radical (unpaired) electrons. The molecule has 0 N–H and O–H groups in total. The third-order valence-electron chi connectivity index (χ3n) is 11.9. The molecule has 0 spiro atoms. The molecule has 10 aromatic carbocycles. The first-order valence-electron chi connectivity index (χ1n) is 21.1. The van der Waals surface area contributed by atoms with E-state index in [0.29, 0.717) is 5.82 Å². The molecule has 2 heteroatoms. The molecule has 62 heavy (non-hydrogen) atoms. The van der Waals surface area contributed by atoms with Gasteiger partial charge in [0, 0.05) is 21.9 Å². The van der Waals surface area contributed by atoms with Crippen LogP contribution in [0.5, 0.6) is 0 Å². The lowest BCUT2D eigenvalue weighted by molar-refractivity contribution is 1.23. The Bertz CT molecular complexity index is 3370. The van der Waals surface area contributed by atoms with Crippen molar-refractivity contribution in [3.05, 3.63) is 243 Å². The Kier molecular flexibility index (Phi) is 9.57. The Hall–Kier alpha value is -8.20. The van der Waals surface area contributed by atoms with Crippen LogP contribution in [-0.2, 0) is 0 Å². The second-order valence-corrected chi connectivity index (χ2v) is 15.7. The summed E-state index contributed by atoms with van der Waals surface area (Å²) in [6, 6.07) is 86.5. The van der Waals surface area contributed by atoms with Gasteiger partial charge < -0.3 is 0 Å². The predicted octanol–water partition coefficient (Wildman–Crippen LogP) is 16.1. The maximum atomic E-state index is 5.39. The smallest absolute Gasteiger partial charge is 0.160 e. The molecular weight excluding hydrogens is 749 g/mol. The van der Waals surface area contributed by atoms with E-state index < -0.39 is 0 Å². The highest BCUT2D eigenvalue weighted by atomic mass is 14.9. The maximum absolute atomic E-state index is 5.39. The zero-order valence-electron chi connectivity index (χ0n) is 34.0. The van der Waals surface area contributed by atoms with E-state index in [-0.39, 0.29) is 0 Å². The van der Waals surface area contributed by atoms with E-state index in [0.717, 1.165) is 60.8 Å². The molecule has 0 aliphatic rings. The van der Waals surface area contributed by atoms with Gasteiger partial charge in [-0.25, -0.2) is 9.97 Å². The van der Waals surface area contributed by atoms with Gasteiger partial charge in [0.1, 0.15) is 0 Å². The zero-order valence-corrected chi connectivity index (χ0v) is 34.0. The minimum absolute atomic E-state index is 0.700. The lowest BCUT2D eigenvalue weighted by Crippen LogP contribution is -1.96. The summed E-state index contributed by atoms with van der Waals surface area (Å²) in [5.41, 5.74) is 18.1. The highest BCUT2D eigenvalue weighted by Crippen LogP contribution is 2.38. The summed E-state index contributed by atoms with van der Waals surface area (Å²) >= 11 is 0. The fraction of sp³-hybridized carbons (Fsp3) is 0. The molecule has 0 unspecified atom stereocenters. The van der Waals surface area contributed by atoms with E-state index >= 15 is 0 Å². The Morgan fingerprint density at radius 1 is 0.226 bits per heavy atom. The number of hydrogen-bond donors (Lipinski definition) is 0. The van der Waals surface area contributed by atoms with E-state index in [1.165, 1.54) is 44.5 Å². The van der Waals surface area contributed by atoms with Crippen LogP contribution in [0, 0.1) is 0 Å². The Balaban J connectivity index is 0.962. The van der Waals surface area contributed by atoms with Gasteiger partial charge in [-0.15, -0.1) is 0 Å². The number of hydrogen-bond acceptors (Lipinski definition) is 2. The van der Waals surface area contributed by atoms with Crippen LogP contribution in [0.4, 0.5) is 0 Å². The summed E-state index contributed by atoms with van der Waals surface area (Å²) in [5.74, 6) is 0.700. The SMILES string of the molecule is c1ccc(-c2ccccc2-c2ccc(-c3cccc(-c4nc(-c5cccc(-c6ccc(-c7ccccc7-c7ccccc7)cc6)c5)c5ccc6ccccc6c5n4)c3)cc2)cc1. The summed E-state index contributed by atoms with van der Waals surface area (Å²) < 4.78 is 0. The first kappa shape index (κ1) is 36.8. The third-order valence-corrected chi connectivity index (χ3v) is 11.9. The van der Waals surface area contributed by atoms with Crippen molar-refractivity contribution < 1.29 is 0 Å². The molecule has 11 aromatic rings. The topological polar surface area (TPSA) is 25.8 Å². The highest BCUT2D eigenvalue weighted by molar-refractivity contribution is 6.10. The molecule has 0 saturated carbocycles. The number of rotatable bonds is 8. The van der Waals surface area contributed by atoms with Gasteiger partial charge in [0.05, 0.1) is 11.2 Å². The number of benzene rings is 10. The average molecular weight is 789 g/mol. The van der Waals surface area contributed by atoms with Crippen molar-refractivity contribution in [1.29, 1.82) is 0 Å². The number of aromatic nitrogens is 2.